The molecule has 2 aromatic heterocycles. The number of nitrogens with one attached hydrogen (secondary N) is 2. The highest BCUT2D eigenvalue weighted by Crippen LogP contribution is 2.36. The summed E-state index contributed by atoms with van der Waals surface area (Å²) in [7, 11) is 0. The number of anilines is 1. The van der Waals surface area contributed by atoms with Crippen molar-refractivity contribution in [3.8, 4) is 0 Å². The van der Waals surface area contributed by atoms with Crippen LogP contribution in [0.1, 0.15) is 51.6 Å². The van der Waals surface area contributed by atoms with Gasteiger partial charge < -0.3 is 5.32 Å². The van der Waals surface area contributed by atoms with E-state index in [4.69, 9.17) is 4.84 Å². The van der Waals surface area contributed by atoms with Crippen LogP contribution in [0.4, 0.5) is 18.9 Å². The monoisotopic (exact) mass is 479 g/mol. The highest BCUT2D eigenvalue weighted by atomic mass is 32.1. The highest BCUT2D eigenvalue weighted by molar-refractivity contribution is 7.09. The van der Waals surface area contributed by atoms with Crippen LogP contribution in [0.2, 0.25) is 0 Å². The molecule has 4 rings (SSSR count). The summed E-state index contributed by atoms with van der Waals surface area (Å²) in [6.45, 7) is 2.75. The van der Waals surface area contributed by atoms with Crippen molar-refractivity contribution in [2.24, 2.45) is 0 Å². The number of hydrogen-bond acceptors (Lipinski definition) is 6. The predicted molar refractivity (Wildman–Crippen MR) is 118 cm³/mol. The first kappa shape index (κ1) is 23.2. The lowest BCUT2D eigenvalue weighted by Crippen LogP contribution is -2.12. The van der Waals surface area contributed by atoms with E-state index in [1.54, 1.807) is 0 Å². The van der Waals surface area contributed by atoms with Gasteiger partial charge in [0.15, 0.2) is 5.69 Å². The van der Waals surface area contributed by atoms with Crippen LogP contribution in [0.25, 0.3) is 0 Å². The number of hydrogen-bond donors (Lipinski definition) is 2. The standard InChI is InChI=1S/C22H24F3N5O2S/c1-14-15(9-26-13-31)5-4-7-18(14)29-32-11-16-12-33-20(27-16)10-30-19-8-3-2-6-17(19)21(28-30)22(23,24)25/h4-5,7,12-13,29H,2-3,6,8-11H2,1H3,(H,26,31). The Hall–Kier alpha value is -2.92. The maximum absolute atomic E-state index is 13.4. The van der Waals surface area contributed by atoms with Gasteiger partial charge >= 0.3 is 6.18 Å². The lowest BCUT2D eigenvalue weighted by atomic mass is 9.95. The zero-order valence-electron chi connectivity index (χ0n) is 18.0. The molecule has 0 spiro atoms. The summed E-state index contributed by atoms with van der Waals surface area (Å²) in [6.07, 6.45) is -1.16. The van der Waals surface area contributed by atoms with Crippen LogP contribution in [0.3, 0.4) is 0 Å². The molecule has 1 amide bonds. The van der Waals surface area contributed by atoms with Gasteiger partial charge in [0.1, 0.15) is 11.6 Å². The number of rotatable bonds is 9. The molecule has 0 unspecified atom stereocenters. The van der Waals surface area contributed by atoms with Gasteiger partial charge in [-0.25, -0.2) is 4.98 Å². The van der Waals surface area contributed by atoms with E-state index in [0.717, 1.165) is 29.7 Å². The van der Waals surface area contributed by atoms with Gasteiger partial charge in [0, 0.05) is 23.2 Å². The van der Waals surface area contributed by atoms with Crippen LogP contribution < -0.4 is 10.8 Å². The van der Waals surface area contributed by atoms with Crippen molar-refractivity contribution >= 4 is 23.4 Å². The number of halogens is 3. The highest BCUT2D eigenvalue weighted by Gasteiger charge is 2.39. The number of amides is 1. The summed E-state index contributed by atoms with van der Waals surface area (Å²) in [5, 5.41) is 9.04. The van der Waals surface area contributed by atoms with E-state index in [2.05, 4.69) is 20.9 Å². The summed E-state index contributed by atoms with van der Waals surface area (Å²) < 4.78 is 41.6. The minimum Gasteiger partial charge on any atom is -0.355 e. The van der Waals surface area contributed by atoms with E-state index in [1.807, 2.05) is 30.5 Å². The Kier molecular flexibility index (Phi) is 6.99. The molecule has 176 valence electrons. The number of benzene rings is 1. The Bertz CT molecular complexity index is 1130. The lowest BCUT2D eigenvalue weighted by molar-refractivity contribution is -0.142. The lowest BCUT2D eigenvalue weighted by Gasteiger charge is -2.14. The second-order valence-corrected chi connectivity index (χ2v) is 8.79. The number of nitrogens with zero attached hydrogens (tertiary/aromatic N) is 3. The van der Waals surface area contributed by atoms with Crippen molar-refractivity contribution in [1.82, 2.24) is 20.1 Å². The van der Waals surface area contributed by atoms with Crippen LogP contribution in [0, 0.1) is 6.92 Å². The van der Waals surface area contributed by atoms with Crippen LogP contribution in [0.5, 0.6) is 0 Å². The largest absolute Gasteiger partial charge is 0.435 e. The first-order chi connectivity index (χ1) is 15.9. The van der Waals surface area contributed by atoms with Crippen molar-refractivity contribution in [1.29, 1.82) is 0 Å². The molecule has 7 nitrogen and oxygen atoms in total. The first-order valence-corrected chi connectivity index (χ1v) is 11.5. The molecule has 0 radical (unpaired) electrons. The van der Waals surface area contributed by atoms with Gasteiger partial charge in [0.2, 0.25) is 6.41 Å². The van der Waals surface area contributed by atoms with E-state index < -0.39 is 11.9 Å². The Morgan fingerprint density at radius 1 is 1.27 bits per heavy atom. The van der Waals surface area contributed by atoms with Gasteiger partial charge in [-0.05, 0) is 49.8 Å². The third-order valence-electron chi connectivity index (χ3n) is 5.63. The minimum atomic E-state index is -4.45. The number of thiazole rings is 1. The summed E-state index contributed by atoms with van der Waals surface area (Å²) in [5.74, 6) is 0. The Balaban J connectivity index is 1.39. The van der Waals surface area contributed by atoms with Crippen LogP contribution in [-0.4, -0.2) is 21.2 Å². The molecule has 2 N–H and O–H groups in total. The molecule has 33 heavy (non-hydrogen) atoms. The van der Waals surface area contributed by atoms with E-state index in [9.17, 15) is 18.0 Å². The van der Waals surface area contributed by atoms with Crippen LogP contribution >= 0.6 is 11.3 Å². The number of fused-ring (bicyclic) bond motifs is 1. The fourth-order valence-electron chi connectivity index (χ4n) is 3.97. The predicted octanol–water partition coefficient (Wildman–Crippen LogP) is 4.38. The molecule has 0 bridgehead atoms. The van der Waals surface area contributed by atoms with Crippen molar-refractivity contribution < 1.29 is 22.8 Å². The summed E-state index contributed by atoms with van der Waals surface area (Å²) in [6, 6.07) is 5.65. The van der Waals surface area contributed by atoms with Gasteiger partial charge in [-0.2, -0.15) is 18.3 Å². The SMILES string of the molecule is Cc1c(CNC=O)cccc1NOCc1csc(Cn2nc(C(F)(F)F)c3c2CCCC3)n1. The average molecular weight is 480 g/mol. The zero-order chi connectivity index (χ0) is 23.4. The maximum Gasteiger partial charge on any atom is 0.435 e. The van der Waals surface area contributed by atoms with E-state index in [0.29, 0.717) is 47.8 Å². The summed E-state index contributed by atoms with van der Waals surface area (Å²) >= 11 is 1.37. The number of alkyl halides is 3. The van der Waals surface area contributed by atoms with Crippen LogP contribution in [-0.2, 0) is 48.3 Å². The number of carbonyl (C=O) groups is 1. The zero-order valence-corrected chi connectivity index (χ0v) is 18.9. The summed E-state index contributed by atoms with van der Waals surface area (Å²) in [5.41, 5.74) is 6.52. The summed E-state index contributed by atoms with van der Waals surface area (Å²) in [4.78, 5) is 20.6. The fourth-order valence-corrected chi connectivity index (χ4v) is 4.73. The van der Waals surface area contributed by atoms with Crippen molar-refractivity contribution in [3.05, 3.63) is 62.4 Å². The van der Waals surface area contributed by atoms with Crippen molar-refractivity contribution in [2.45, 2.75) is 58.5 Å². The quantitative estimate of drug-likeness (QED) is 0.352. The Morgan fingerprint density at radius 3 is 2.88 bits per heavy atom. The van der Waals surface area contributed by atoms with Gasteiger partial charge in [0.05, 0.1) is 17.9 Å². The molecule has 0 saturated heterocycles. The molecule has 0 saturated carbocycles. The average Bonchev–Trinajstić information content (AvgIpc) is 3.39. The molecular formula is C22H24F3N5O2S. The Labute approximate surface area is 192 Å². The second kappa shape index (κ2) is 9.92. The molecule has 1 aromatic carbocycles. The topological polar surface area (TPSA) is 81.1 Å². The van der Waals surface area contributed by atoms with Crippen molar-refractivity contribution in [3.63, 3.8) is 0 Å². The Morgan fingerprint density at radius 2 is 2.09 bits per heavy atom. The van der Waals surface area contributed by atoms with E-state index in [-0.39, 0.29) is 13.2 Å². The van der Waals surface area contributed by atoms with Gasteiger partial charge in [-0.3, -0.25) is 19.8 Å². The van der Waals surface area contributed by atoms with Gasteiger partial charge in [-0.1, -0.05) is 12.1 Å². The van der Waals surface area contributed by atoms with E-state index in [1.165, 1.54) is 16.0 Å². The molecule has 11 heteroatoms. The fraction of sp³-hybridized carbons (Fsp3) is 0.409. The molecule has 0 atom stereocenters. The molecule has 0 aliphatic heterocycles. The molecule has 1 aliphatic carbocycles. The maximum atomic E-state index is 13.4. The second-order valence-electron chi connectivity index (χ2n) is 7.85. The third kappa shape index (κ3) is 5.36. The van der Waals surface area contributed by atoms with E-state index >= 15 is 0 Å². The van der Waals surface area contributed by atoms with Gasteiger partial charge in [0.25, 0.3) is 0 Å². The first-order valence-electron chi connectivity index (χ1n) is 10.6. The minimum absolute atomic E-state index is 0.192. The number of carbonyl (C=O) groups excluding carboxylic acids is 1. The smallest absolute Gasteiger partial charge is 0.355 e. The van der Waals surface area contributed by atoms with Crippen LogP contribution in [0.15, 0.2) is 23.6 Å². The molecule has 0 fully saturated rings. The molecular weight excluding hydrogens is 455 g/mol. The van der Waals surface area contributed by atoms with Gasteiger partial charge in [-0.15, -0.1) is 11.3 Å². The number of aromatic nitrogens is 3. The molecule has 3 aromatic rings. The molecule has 2 heterocycles. The normalized spacial score (nSPS) is 13.6. The molecule has 1 aliphatic rings. The third-order valence-corrected chi connectivity index (χ3v) is 6.52. The van der Waals surface area contributed by atoms with Crippen molar-refractivity contribution in [2.75, 3.05) is 5.48 Å².